The van der Waals surface area contributed by atoms with Crippen LogP contribution in [0.1, 0.15) is 51.0 Å². The lowest BCUT2D eigenvalue weighted by molar-refractivity contribution is -0.145. The van der Waals surface area contributed by atoms with Crippen LogP contribution in [0.5, 0.6) is 0 Å². The maximum Gasteiger partial charge on any atom is 0.305 e. The van der Waals surface area contributed by atoms with E-state index in [1.165, 1.54) is 0 Å². The molecule has 1 aromatic rings. The van der Waals surface area contributed by atoms with Crippen molar-refractivity contribution in [2.24, 2.45) is 5.92 Å². The molecule has 7 heteroatoms. The number of nitrogens with zero attached hydrogens (tertiary/aromatic N) is 1. The Labute approximate surface area is 197 Å². The van der Waals surface area contributed by atoms with Gasteiger partial charge in [-0.1, -0.05) is 42.5 Å². The van der Waals surface area contributed by atoms with E-state index in [4.69, 9.17) is 4.74 Å². The monoisotopic (exact) mass is 458 g/mol. The van der Waals surface area contributed by atoms with E-state index >= 15 is 0 Å². The van der Waals surface area contributed by atoms with Gasteiger partial charge in [0.05, 0.1) is 18.6 Å². The molecule has 0 saturated carbocycles. The Hall–Kier alpha value is -2.93. The highest BCUT2D eigenvalue weighted by molar-refractivity contribution is 5.86. The highest BCUT2D eigenvalue weighted by atomic mass is 16.5. The second-order valence-electron chi connectivity index (χ2n) is 8.08. The first-order chi connectivity index (χ1) is 15.9. The third-order valence-corrected chi connectivity index (χ3v) is 5.10. The van der Waals surface area contributed by atoms with E-state index in [0.717, 1.165) is 24.8 Å². The molecule has 1 rings (SSSR count). The van der Waals surface area contributed by atoms with Gasteiger partial charge < -0.3 is 20.1 Å². The lowest BCUT2D eigenvalue weighted by Crippen LogP contribution is -2.42. The summed E-state index contributed by atoms with van der Waals surface area (Å²) in [4.78, 5) is 39.0. The van der Waals surface area contributed by atoms with Gasteiger partial charge in [-0.2, -0.15) is 0 Å². The fourth-order valence-electron chi connectivity index (χ4n) is 3.29. The number of aliphatic hydroxyl groups excluding tert-OH is 1. The van der Waals surface area contributed by atoms with Gasteiger partial charge in [-0.25, -0.2) is 0 Å². The SMILES string of the molecule is C=CCCCCC(=O)OC[C@H](C)NC(=O)[C@H](CC=C)CC(=O)N(CCO)Cc1ccccc1. The van der Waals surface area contributed by atoms with E-state index in [9.17, 15) is 19.5 Å². The Kier molecular flexibility index (Phi) is 14.2. The van der Waals surface area contributed by atoms with E-state index in [-0.39, 0.29) is 50.0 Å². The van der Waals surface area contributed by atoms with Gasteiger partial charge in [0.25, 0.3) is 0 Å². The maximum atomic E-state index is 12.9. The number of carbonyl (C=O) groups excluding carboxylic acids is 3. The predicted molar refractivity (Wildman–Crippen MR) is 129 cm³/mol. The third kappa shape index (κ3) is 12.0. The molecule has 0 aliphatic carbocycles. The lowest BCUT2D eigenvalue weighted by atomic mass is 9.98. The second-order valence-corrected chi connectivity index (χ2v) is 8.08. The van der Waals surface area contributed by atoms with Crippen LogP contribution in [0.25, 0.3) is 0 Å². The summed E-state index contributed by atoms with van der Waals surface area (Å²) in [5.74, 6) is -1.39. The van der Waals surface area contributed by atoms with Crippen molar-refractivity contribution in [3.63, 3.8) is 0 Å². The number of ether oxygens (including phenoxy) is 1. The summed E-state index contributed by atoms with van der Waals surface area (Å²) in [5, 5.41) is 12.2. The molecule has 1 aromatic carbocycles. The van der Waals surface area contributed by atoms with Gasteiger partial charge in [0.2, 0.25) is 11.8 Å². The Morgan fingerprint density at radius 1 is 1.15 bits per heavy atom. The van der Waals surface area contributed by atoms with Crippen molar-refractivity contribution in [2.45, 2.75) is 58.0 Å². The van der Waals surface area contributed by atoms with Crippen molar-refractivity contribution in [2.75, 3.05) is 19.8 Å². The fourth-order valence-corrected chi connectivity index (χ4v) is 3.29. The van der Waals surface area contributed by atoms with Crippen molar-refractivity contribution < 1.29 is 24.2 Å². The van der Waals surface area contributed by atoms with Crippen LogP contribution in [0.15, 0.2) is 55.6 Å². The molecule has 2 atom stereocenters. The summed E-state index contributed by atoms with van der Waals surface area (Å²) in [5.41, 5.74) is 0.948. The first kappa shape index (κ1) is 28.1. The van der Waals surface area contributed by atoms with Crippen molar-refractivity contribution >= 4 is 17.8 Å². The zero-order valence-electron chi connectivity index (χ0n) is 19.7. The number of rotatable bonds is 17. The molecule has 2 amide bonds. The number of benzene rings is 1. The summed E-state index contributed by atoms with van der Waals surface area (Å²) in [6, 6.07) is 9.12. The molecule has 0 heterocycles. The number of carbonyl (C=O) groups is 3. The van der Waals surface area contributed by atoms with Crippen LogP contribution in [0.4, 0.5) is 0 Å². The molecule has 2 N–H and O–H groups in total. The van der Waals surface area contributed by atoms with Gasteiger partial charge in [0, 0.05) is 25.9 Å². The van der Waals surface area contributed by atoms with E-state index < -0.39 is 5.92 Å². The Morgan fingerprint density at radius 3 is 2.52 bits per heavy atom. The molecule has 0 aliphatic rings. The van der Waals surface area contributed by atoms with Crippen LogP contribution in [-0.2, 0) is 25.7 Å². The largest absolute Gasteiger partial charge is 0.464 e. The summed E-state index contributed by atoms with van der Waals surface area (Å²) >= 11 is 0. The Balaban J connectivity index is 2.58. The molecule has 0 aromatic heterocycles. The fraction of sp³-hybridized carbons (Fsp3) is 0.500. The average molecular weight is 459 g/mol. The minimum Gasteiger partial charge on any atom is -0.464 e. The van der Waals surface area contributed by atoms with Gasteiger partial charge in [-0.05, 0) is 38.2 Å². The third-order valence-electron chi connectivity index (χ3n) is 5.10. The van der Waals surface area contributed by atoms with Gasteiger partial charge in [-0.3, -0.25) is 14.4 Å². The second kappa shape index (κ2) is 16.7. The minimum absolute atomic E-state index is 0.000494. The number of nitrogens with one attached hydrogen (secondary N) is 1. The highest BCUT2D eigenvalue weighted by Crippen LogP contribution is 2.15. The summed E-state index contributed by atoms with van der Waals surface area (Å²) < 4.78 is 5.24. The molecule has 0 bridgehead atoms. The van der Waals surface area contributed by atoms with Crippen molar-refractivity contribution in [1.29, 1.82) is 0 Å². The van der Waals surface area contributed by atoms with Crippen LogP contribution in [0.2, 0.25) is 0 Å². The van der Waals surface area contributed by atoms with E-state index in [2.05, 4.69) is 18.5 Å². The zero-order chi connectivity index (χ0) is 24.5. The van der Waals surface area contributed by atoms with Crippen LogP contribution < -0.4 is 5.32 Å². The highest BCUT2D eigenvalue weighted by Gasteiger charge is 2.25. The molecule has 0 saturated heterocycles. The smallest absolute Gasteiger partial charge is 0.305 e. The molecule has 0 aliphatic heterocycles. The van der Waals surface area contributed by atoms with E-state index in [0.29, 0.717) is 19.4 Å². The number of amides is 2. The summed E-state index contributed by atoms with van der Waals surface area (Å²) in [6.07, 6.45) is 6.60. The van der Waals surface area contributed by atoms with Crippen molar-refractivity contribution in [1.82, 2.24) is 10.2 Å². The number of hydrogen-bond acceptors (Lipinski definition) is 5. The molecule has 182 valence electrons. The van der Waals surface area contributed by atoms with Crippen LogP contribution in [0, 0.1) is 5.92 Å². The number of unbranched alkanes of at least 4 members (excludes halogenated alkanes) is 2. The van der Waals surface area contributed by atoms with Crippen LogP contribution in [-0.4, -0.2) is 53.6 Å². The van der Waals surface area contributed by atoms with Crippen LogP contribution in [0.3, 0.4) is 0 Å². The van der Waals surface area contributed by atoms with Crippen LogP contribution >= 0.6 is 0 Å². The number of aliphatic hydroxyl groups is 1. The average Bonchev–Trinajstić information content (AvgIpc) is 2.80. The molecule has 0 unspecified atom stereocenters. The van der Waals surface area contributed by atoms with Gasteiger partial charge in [0.15, 0.2) is 0 Å². The number of esters is 1. The van der Waals surface area contributed by atoms with E-state index in [1.54, 1.807) is 17.9 Å². The van der Waals surface area contributed by atoms with Gasteiger partial charge in [0.1, 0.15) is 6.61 Å². The first-order valence-electron chi connectivity index (χ1n) is 11.5. The van der Waals surface area contributed by atoms with E-state index in [1.807, 2.05) is 36.4 Å². The lowest BCUT2D eigenvalue weighted by Gasteiger charge is -2.25. The van der Waals surface area contributed by atoms with Gasteiger partial charge >= 0.3 is 5.97 Å². The number of allylic oxidation sites excluding steroid dienone is 2. The quantitative estimate of drug-likeness (QED) is 0.212. The summed E-state index contributed by atoms with van der Waals surface area (Å²) in [6.45, 7) is 9.57. The first-order valence-corrected chi connectivity index (χ1v) is 11.5. The van der Waals surface area contributed by atoms with Crippen molar-refractivity contribution in [3.8, 4) is 0 Å². The normalized spacial score (nSPS) is 12.3. The minimum atomic E-state index is -0.593. The van der Waals surface area contributed by atoms with Crippen molar-refractivity contribution in [3.05, 3.63) is 61.2 Å². The molecule has 0 radical (unpaired) electrons. The molecule has 0 spiro atoms. The standard InChI is InChI=1S/C26H38N2O5/c1-4-6-7-11-15-25(31)33-20-21(3)27-26(32)23(12-5-2)18-24(30)28(16-17-29)19-22-13-9-8-10-14-22/h4-5,8-10,13-14,21,23,29H,1-2,6-7,11-12,15-20H2,3H3,(H,27,32)/t21-,23+/m0/s1. The van der Waals surface area contributed by atoms with Gasteiger partial charge in [-0.15, -0.1) is 13.2 Å². The molecular weight excluding hydrogens is 420 g/mol. The summed E-state index contributed by atoms with van der Waals surface area (Å²) in [7, 11) is 0. The molecule has 0 fully saturated rings. The molecular formula is C26H38N2O5. The predicted octanol–water partition coefficient (Wildman–Crippen LogP) is 3.38. The zero-order valence-corrected chi connectivity index (χ0v) is 19.7. The Bertz CT molecular complexity index is 750. The Morgan fingerprint density at radius 2 is 1.88 bits per heavy atom. The topological polar surface area (TPSA) is 95.9 Å². The number of hydrogen-bond donors (Lipinski definition) is 2. The maximum absolute atomic E-state index is 12.9. The molecule has 7 nitrogen and oxygen atoms in total. The molecule has 33 heavy (non-hydrogen) atoms.